The molecule has 1 saturated heterocycles. The molecule has 2 aliphatic rings. The molecule has 11 nitrogen and oxygen atoms in total. The maximum Gasteiger partial charge on any atom is 0.304 e. The van der Waals surface area contributed by atoms with Gasteiger partial charge in [0.15, 0.2) is 5.13 Å². The Morgan fingerprint density at radius 2 is 1.79 bits per heavy atom. The molecule has 1 aliphatic heterocycles. The molecular formula is C30H38N4O7S2. The van der Waals surface area contributed by atoms with Crippen LogP contribution in [0.1, 0.15) is 62.8 Å². The predicted octanol–water partition coefficient (Wildman–Crippen LogP) is 4.89. The first-order valence-corrected chi connectivity index (χ1v) is 17.0. The Hall–Kier alpha value is -3.13. The lowest BCUT2D eigenvalue weighted by Crippen LogP contribution is -2.38. The molecule has 2 fully saturated rings. The van der Waals surface area contributed by atoms with Crippen LogP contribution in [0, 0.1) is 11.8 Å². The molecule has 1 saturated carbocycles. The van der Waals surface area contributed by atoms with E-state index in [0.717, 1.165) is 44.1 Å². The minimum Gasteiger partial charge on any atom is -0.481 e. The highest BCUT2D eigenvalue weighted by Crippen LogP contribution is 2.36. The number of carboxylic acids is 1. The average Bonchev–Trinajstić information content (AvgIpc) is 3.67. The van der Waals surface area contributed by atoms with Crippen LogP contribution in [0.5, 0.6) is 5.88 Å². The smallest absolute Gasteiger partial charge is 0.304 e. The summed E-state index contributed by atoms with van der Waals surface area (Å²) in [6.07, 6.45) is 6.24. The number of nitrogens with one attached hydrogen (secondary N) is 1. The number of amides is 1. The number of anilines is 1. The summed E-state index contributed by atoms with van der Waals surface area (Å²) in [4.78, 5) is 34.6. The van der Waals surface area contributed by atoms with Crippen LogP contribution in [0.2, 0.25) is 0 Å². The number of nitrogens with zero attached hydrogens (tertiary/aromatic N) is 3. The highest BCUT2D eigenvalue weighted by Gasteiger charge is 2.31. The number of hydrogen-bond donors (Lipinski definition) is 2. The maximum atomic E-state index is 13.7. The number of carbonyl (C=O) groups is 2. The highest BCUT2D eigenvalue weighted by molar-refractivity contribution is 7.89. The standard InChI is InChI=1S/C30H38N4O7S2/c1-40-26-11-10-25-29(32-26)42-30(31-25)33-28(37)24(18-20-4-2-3-5-20)22-6-8-23(9-7-22)43(38,39)34(15-12-27(35)36)19-21-13-16-41-17-14-21/h6-11,20-21,24H,2-5,12-19H2,1H3,(H,35,36)(H,31,33,37)/t24-/m1/s1. The van der Waals surface area contributed by atoms with Gasteiger partial charge in [-0.2, -0.15) is 4.31 Å². The second kappa shape index (κ2) is 14.1. The molecule has 1 aliphatic carbocycles. The number of carbonyl (C=O) groups excluding carboxylic acids is 1. The first-order chi connectivity index (χ1) is 20.7. The van der Waals surface area contributed by atoms with E-state index in [4.69, 9.17) is 9.47 Å². The molecule has 0 bridgehead atoms. The van der Waals surface area contributed by atoms with Gasteiger partial charge in [-0.15, -0.1) is 0 Å². The summed E-state index contributed by atoms with van der Waals surface area (Å²) in [6, 6.07) is 10.0. The SMILES string of the molecule is COc1ccc2nc(NC(=O)[C@H](CC3CCCC3)c3ccc(S(=O)(=O)N(CCC(=O)O)CC4CCOCC4)cc3)sc2n1. The fraction of sp³-hybridized carbons (Fsp3) is 0.533. The van der Waals surface area contributed by atoms with Crippen LogP contribution in [-0.2, 0) is 24.3 Å². The van der Waals surface area contributed by atoms with E-state index in [1.54, 1.807) is 31.4 Å². The summed E-state index contributed by atoms with van der Waals surface area (Å²) in [5, 5.41) is 12.7. The molecule has 13 heteroatoms. The van der Waals surface area contributed by atoms with E-state index in [-0.39, 0.29) is 36.2 Å². The number of sulfonamides is 1. The van der Waals surface area contributed by atoms with Crippen LogP contribution in [0.3, 0.4) is 0 Å². The molecule has 3 aromatic rings. The lowest BCUT2D eigenvalue weighted by atomic mass is 9.87. The summed E-state index contributed by atoms with van der Waals surface area (Å²) in [5.74, 6) is -0.749. The van der Waals surface area contributed by atoms with Crippen LogP contribution in [0.25, 0.3) is 10.3 Å². The molecule has 0 radical (unpaired) electrons. The van der Waals surface area contributed by atoms with Crippen molar-refractivity contribution in [1.29, 1.82) is 0 Å². The van der Waals surface area contributed by atoms with Gasteiger partial charge in [-0.05, 0) is 54.9 Å². The second-order valence-electron chi connectivity index (χ2n) is 11.3. The summed E-state index contributed by atoms with van der Waals surface area (Å²) < 4.78 is 39.3. The Labute approximate surface area is 255 Å². The number of pyridine rings is 1. The number of fused-ring (bicyclic) bond motifs is 1. The fourth-order valence-corrected chi connectivity index (χ4v) is 8.25. The van der Waals surface area contributed by atoms with E-state index >= 15 is 0 Å². The van der Waals surface area contributed by atoms with E-state index in [1.165, 1.54) is 27.8 Å². The largest absolute Gasteiger partial charge is 0.481 e. The molecule has 0 unspecified atom stereocenters. The number of aliphatic carboxylic acids is 1. The second-order valence-corrected chi connectivity index (χ2v) is 14.2. The monoisotopic (exact) mass is 630 g/mol. The molecule has 0 spiro atoms. The number of benzene rings is 1. The van der Waals surface area contributed by atoms with Crippen molar-refractivity contribution in [2.45, 2.75) is 62.2 Å². The van der Waals surface area contributed by atoms with E-state index < -0.39 is 21.9 Å². The van der Waals surface area contributed by atoms with Gasteiger partial charge in [-0.1, -0.05) is 49.2 Å². The first-order valence-electron chi connectivity index (χ1n) is 14.7. The van der Waals surface area contributed by atoms with Gasteiger partial charge in [0.1, 0.15) is 10.3 Å². The number of thiazole rings is 1. The number of rotatable bonds is 13. The van der Waals surface area contributed by atoms with Crippen molar-refractivity contribution in [3.63, 3.8) is 0 Å². The van der Waals surface area contributed by atoms with Crippen LogP contribution >= 0.6 is 11.3 Å². The summed E-state index contributed by atoms with van der Waals surface area (Å²) in [5.41, 5.74) is 1.39. The van der Waals surface area contributed by atoms with Crippen molar-refractivity contribution >= 4 is 48.7 Å². The molecular weight excluding hydrogens is 592 g/mol. The fourth-order valence-electron chi connectivity index (χ4n) is 5.90. The van der Waals surface area contributed by atoms with E-state index in [2.05, 4.69) is 15.3 Å². The number of hydrogen-bond acceptors (Lipinski definition) is 9. The quantitative estimate of drug-likeness (QED) is 0.269. The molecule has 1 aromatic carbocycles. The third-order valence-electron chi connectivity index (χ3n) is 8.33. The topological polar surface area (TPSA) is 148 Å². The Morgan fingerprint density at radius 1 is 1.07 bits per heavy atom. The number of aromatic nitrogens is 2. The third kappa shape index (κ3) is 7.88. The zero-order valence-electron chi connectivity index (χ0n) is 24.2. The van der Waals surface area contributed by atoms with Crippen molar-refractivity contribution in [2.75, 3.05) is 38.7 Å². The predicted molar refractivity (Wildman–Crippen MR) is 163 cm³/mol. The van der Waals surface area contributed by atoms with E-state index in [1.807, 2.05) is 0 Å². The molecule has 2 N–H and O–H groups in total. The van der Waals surface area contributed by atoms with E-state index in [9.17, 15) is 23.1 Å². The van der Waals surface area contributed by atoms with Crippen molar-refractivity contribution in [2.24, 2.45) is 11.8 Å². The van der Waals surface area contributed by atoms with Gasteiger partial charge in [0.25, 0.3) is 0 Å². The lowest BCUT2D eigenvalue weighted by molar-refractivity contribution is -0.137. The number of carboxylic acid groups (broad SMARTS) is 1. The molecule has 1 atom stereocenters. The summed E-state index contributed by atoms with van der Waals surface area (Å²) >= 11 is 1.27. The zero-order chi connectivity index (χ0) is 30.4. The minimum atomic E-state index is -3.95. The Kier molecular flexibility index (Phi) is 10.3. The van der Waals surface area contributed by atoms with Crippen LogP contribution in [-0.4, -0.2) is 73.1 Å². The molecule has 43 heavy (non-hydrogen) atoms. The molecule has 5 rings (SSSR count). The first kappa shape index (κ1) is 31.3. The lowest BCUT2D eigenvalue weighted by Gasteiger charge is -2.29. The Balaban J connectivity index is 1.36. The van der Waals surface area contributed by atoms with Gasteiger partial charge in [0.2, 0.25) is 21.8 Å². The van der Waals surface area contributed by atoms with Crippen molar-refractivity contribution in [3.05, 3.63) is 42.0 Å². The van der Waals surface area contributed by atoms with Crippen molar-refractivity contribution < 1.29 is 32.6 Å². The average molecular weight is 631 g/mol. The molecule has 1 amide bonds. The molecule has 2 aromatic heterocycles. The van der Waals surface area contributed by atoms with Crippen LogP contribution < -0.4 is 10.1 Å². The van der Waals surface area contributed by atoms with Gasteiger partial charge in [0, 0.05) is 32.4 Å². The van der Waals surface area contributed by atoms with Gasteiger partial charge >= 0.3 is 5.97 Å². The van der Waals surface area contributed by atoms with Crippen LogP contribution in [0.15, 0.2) is 41.3 Å². The van der Waals surface area contributed by atoms with Crippen molar-refractivity contribution in [3.8, 4) is 5.88 Å². The molecule has 3 heterocycles. The Morgan fingerprint density at radius 3 is 2.47 bits per heavy atom. The summed E-state index contributed by atoms with van der Waals surface area (Å²) in [6.45, 7) is 1.28. The third-order valence-corrected chi connectivity index (χ3v) is 11.1. The van der Waals surface area contributed by atoms with Crippen molar-refractivity contribution in [1.82, 2.24) is 14.3 Å². The Bertz CT molecular complexity index is 1510. The highest BCUT2D eigenvalue weighted by atomic mass is 32.2. The van der Waals surface area contributed by atoms with Gasteiger partial charge in [-0.3, -0.25) is 9.59 Å². The maximum absolute atomic E-state index is 13.7. The van der Waals surface area contributed by atoms with Gasteiger partial charge in [-0.25, -0.2) is 18.4 Å². The number of methoxy groups -OCH3 is 1. The van der Waals surface area contributed by atoms with E-state index in [0.29, 0.717) is 46.9 Å². The van der Waals surface area contributed by atoms with Crippen LogP contribution in [0.4, 0.5) is 5.13 Å². The zero-order valence-corrected chi connectivity index (χ0v) is 25.9. The normalized spacial score (nSPS) is 17.3. The summed E-state index contributed by atoms with van der Waals surface area (Å²) in [7, 11) is -2.40. The number of ether oxygens (including phenoxy) is 2. The minimum absolute atomic E-state index is 0.0833. The van der Waals surface area contributed by atoms with Gasteiger partial charge in [0.05, 0.1) is 24.3 Å². The molecule has 232 valence electrons. The van der Waals surface area contributed by atoms with Gasteiger partial charge < -0.3 is 19.9 Å².